The molecule has 38 heavy (non-hydrogen) atoms. The van der Waals surface area contributed by atoms with E-state index >= 15 is 0 Å². The number of ketones is 1. The van der Waals surface area contributed by atoms with E-state index in [1.807, 2.05) is 46.2 Å². The number of nitrogen functional groups attached to an aromatic ring is 1. The lowest BCUT2D eigenvalue weighted by atomic mass is 9.72. The number of Topliss-reactive ketones (excluding diaryl/α,β-unsaturated/α-hetero) is 1. The number of ether oxygens (including phenoxy) is 1. The van der Waals surface area contributed by atoms with Gasteiger partial charge in [0.15, 0.2) is 5.78 Å². The molecule has 0 spiro atoms. The maximum atomic E-state index is 13.1. The molecule has 3 heterocycles. The first-order valence-electron chi connectivity index (χ1n) is 13.6. The maximum absolute atomic E-state index is 13.1. The van der Waals surface area contributed by atoms with Crippen molar-refractivity contribution >= 4 is 28.8 Å². The van der Waals surface area contributed by atoms with Crippen LogP contribution in [0.25, 0.3) is 10.4 Å². The predicted molar refractivity (Wildman–Crippen MR) is 154 cm³/mol. The molecule has 7 heteroatoms. The number of benzene rings is 2. The number of amides is 2. The van der Waals surface area contributed by atoms with Crippen LogP contribution >= 0.6 is 11.3 Å². The molecule has 1 aromatic heterocycles. The molecule has 2 aliphatic heterocycles. The van der Waals surface area contributed by atoms with Crippen LogP contribution in [0.2, 0.25) is 0 Å². The fraction of sp³-hybridized carbons (Fsp3) is 0.419. The molecule has 2 fully saturated rings. The Bertz CT molecular complexity index is 1240. The molecule has 200 valence electrons. The van der Waals surface area contributed by atoms with Crippen molar-refractivity contribution in [3.05, 3.63) is 76.7 Å². The van der Waals surface area contributed by atoms with E-state index in [0.29, 0.717) is 37.6 Å². The summed E-state index contributed by atoms with van der Waals surface area (Å²) in [6.07, 6.45) is 4.33. The first-order valence-corrected chi connectivity index (χ1v) is 14.5. The van der Waals surface area contributed by atoms with Crippen LogP contribution in [-0.2, 0) is 17.6 Å². The van der Waals surface area contributed by atoms with Gasteiger partial charge in [-0.2, -0.15) is 0 Å². The number of hydrogen-bond donors (Lipinski definition) is 1. The highest BCUT2D eigenvalue weighted by Crippen LogP contribution is 2.38. The number of nitrogens with two attached hydrogens (primary N) is 1. The van der Waals surface area contributed by atoms with Gasteiger partial charge in [-0.25, -0.2) is 4.79 Å². The van der Waals surface area contributed by atoms with Gasteiger partial charge >= 0.3 is 6.03 Å². The number of nitrogens with zero attached hydrogens (tertiary/aromatic N) is 2. The van der Waals surface area contributed by atoms with Crippen molar-refractivity contribution in [1.82, 2.24) is 9.80 Å². The molecular formula is C31H37N3O3S. The fourth-order valence-electron chi connectivity index (χ4n) is 5.65. The van der Waals surface area contributed by atoms with E-state index < -0.39 is 0 Å². The summed E-state index contributed by atoms with van der Waals surface area (Å²) < 4.78 is 5.39. The zero-order valence-corrected chi connectivity index (χ0v) is 23.0. The number of thiophene rings is 1. The van der Waals surface area contributed by atoms with Crippen LogP contribution in [0.3, 0.4) is 0 Å². The lowest BCUT2D eigenvalue weighted by molar-refractivity contribution is 0.0342. The number of hydrogen-bond acceptors (Lipinski definition) is 5. The molecule has 0 atom stereocenters. The highest BCUT2D eigenvalue weighted by molar-refractivity contribution is 7.13. The molecule has 0 saturated carbocycles. The molecule has 2 saturated heterocycles. The van der Waals surface area contributed by atoms with Crippen molar-refractivity contribution in [2.24, 2.45) is 5.41 Å². The number of rotatable bonds is 7. The number of anilines is 1. The van der Waals surface area contributed by atoms with Gasteiger partial charge < -0.3 is 20.3 Å². The van der Waals surface area contributed by atoms with Crippen LogP contribution in [0, 0.1) is 5.41 Å². The number of urea groups is 1. The molecule has 2 N–H and O–H groups in total. The lowest BCUT2D eigenvalue weighted by Crippen LogP contribution is -2.52. The second-order valence-electron chi connectivity index (χ2n) is 10.6. The quantitative estimate of drug-likeness (QED) is 0.304. The molecule has 2 amide bonds. The summed E-state index contributed by atoms with van der Waals surface area (Å²) >= 11 is 1.68. The standard InChI is InChI=1S/C31H37N3O3S/c1-2-31(11-13-33(14-12-31)30(36)34-15-17-37-18-16-34)22-23-5-7-24(8-6-23)28(35)21-26-20-25(9-10-27(26)32)29-4-3-19-38-29/h3-10,19-20H,2,11-18,21-22,32H2,1H3. The van der Waals surface area contributed by atoms with E-state index in [4.69, 9.17) is 10.5 Å². The van der Waals surface area contributed by atoms with Crippen molar-refractivity contribution in [3.63, 3.8) is 0 Å². The minimum absolute atomic E-state index is 0.0757. The van der Waals surface area contributed by atoms with E-state index in [1.54, 1.807) is 11.3 Å². The predicted octanol–water partition coefficient (Wildman–Crippen LogP) is 5.91. The smallest absolute Gasteiger partial charge is 0.320 e. The van der Waals surface area contributed by atoms with Crippen LogP contribution in [0.1, 0.15) is 47.7 Å². The van der Waals surface area contributed by atoms with Crippen molar-refractivity contribution < 1.29 is 14.3 Å². The summed E-state index contributed by atoms with van der Waals surface area (Å²) in [4.78, 5) is 31.1. The first kappa shape index (κ1) is 26.4. The maximum Gasteiger partial charge on any atom is 0.320 e. The molecule has 0 bridgehead atoms. The third-order valence-corrected chi connectivity index (χ3v) is 9.20. The summed E-state index contributed by atoms with van der Waals surface area (Å²) in [6.45, 7) is 6.49. The molecule has 0 aliphatic carbocycles. The first-order chi connectivity index (χ1) is 18.5. The van der Waals surface area contributed by atoms with Crippen molar-refractivity contribution in [2.45, 2.75) is 39.0 Å². The van der Waals surface area contributed by atoms with E-state index in [-0.39, 0.29) is 23.7 Å². The Balaban J connectivity index is 1.19. The Labute approximate surface area is 229 Å². The average Bonchev–Trinajstić information content (AvgIpc) is 3.50. The Kier molecular flexibility index (Phi) is 8.15. The molecule has 3 aromatic rings. The largest absolute Gasteiger partial charge is 0.398 e. The second kappa shape index (κ2) is 11.7. The Morgan fingerprint density at radius 3 is 2.34 bits per heavy atom. The van der Waals surface area contributed by atoms with Gasteiger partial charge in [-0.15, -0.1) is 11.3 Å². The molecule has 2 aromatic carbocycles. The van der Waals surface area contributed by atoms with Gasteiger partial charge in [0, 0.05) is 48.7 Å². The molecule has 6 nitrogen and oxygen atoms in total. The number of carbonyl (C=O) groups excluding carboxylic acids is 2. The third-order valence-electron chi connectivity index (χ3n) is 8.28. The number of piperidine rings is 1. The third kappa shape index (κ3) is 5.94. The van der Waals surface area contributed by atoms with E-state index in [0.717, 1.165) is 49.9 Å². The van der Waals surface area contributed by atoms with Crippen molar-refractivity contribution in [2.75, 3.05) is 45.1 Å². The number of likely N-dealkylation sites (tertiary alicyclic amines) is 1. The van der Waals surface area contributed by atoms with Crippen molar-refractivity contribution in [3.8, 4) is 10.4 Å². The molecule has 0 unspecified atom stereocenters. The van der Waals surface area contributed by atoms with Crippen LogP contribution in [0.15, 0.2) is 60.0 Å². The summed E-state index contributed by atoms with van der Waals surface area (Å²) in [7, 11) is 0. The van der Waals surface area contributed by atoms with E-state index in [2.05, 4.69) is 30.5 Å². The highest BCUT2D eigenvalue weighted by Gasteiger charge is 2.36. The normalized spacial score (nSPS) is 17.4. The molecule has 0 radical (unpaired) electrons. The highest BCUT2D eigenvalue weighted by atomic mass is 32.1. The number of carbonyl (C=O) groups is 2. The van der Waals surface area contributed by atoms with Crippen LogP contribution < -0.4 is 5.73 Å². The summed E-state index contributed by atoms with van der Waals surface area (Å²) in [5, 5.41) is 2.05. The van der Waals surface area contributed by atoms with Gasteiger partial charge in [0.2, 0.25) is 0 Å². The van der Waals surface area contributed by atoms with Gasteiger partial charge in [0.05, 0.1) is 13.2 Å². The van der Waals surface area contributed by atoms with Crippen LogP contribution in [0.5, 0.6) is 0 Å². The minimum atomic E-state index is 0.0757. The molecular weight excluding hydrogens is 494 g/mol. The van der Waals surface area contributed by atoms with Crippen molar-refractivity contribution in [1.29, 1.82) is 0 Å². The molecule has 2 aliphatic rings. The zero-order valence-electron chi connectivity index (χ0n) is 22.2. The Morgan fingerprint density at radius 2 is 1.68 bits per heavy atom. The summed E-state index contributed by atoms with van der Waals surface area (Å²) in [5.41, 5.74) is 11.0. The Hall–Kier alpha value is -3.16. The van der Waals surface area contributed by atoms with Gasteiger partial charge in [-0.1, -0.05) is 49.7 Å². The van der Waals surface area contributed by atoms with Gasteiger partial charge in [0.1, 0.15) is 0 Å². The molecule has 5 rings (SSSR count). The van der Waals surface area contributed by atoms with Crippen LogP contribution in [-0.4, -0.2) is 61.0 Å². The summed E-state index contributed by atoms with van der Waals surface area (Å²) in [6, 6.07) is 18.3. The Morgan fingerprint density at radius 1 is 0.974 bits per heavy atom. The average molecular weight is 532 g/mol. The number of morpholine rings is 1. The summed E-state index contributed by atoms with van der Waals surface area (Å²) in [5.74, 6) is 0.0757. The SMILES string of the molecule is CCC1(Cc2ccc(C(=O)Cc3cc(-c4cccs4)ccc3N)cc2)CCN(C(=O)N2CCOCC2)CC1. The minimum Gasteiger partial charge on any atom is -0.398 e. The lowest BCUT2D eigenvalue weighted by Gasteiger charge is -2.43. The topological polar surface area (TPSA) is 75.9 Å². The van der Waals surface area contributed by atoms with Gasteiger partial charge in [0.25, 0.3) is 0 Å². The van der Waals surface area contributed by atoms with Gasteiger partial charge in [-0.05, 0) is 64.9 Å². The zero-order chi connectivity index (χ0) is 26.5. The second-order valence-corrected chi connectivity index (χ2v) is 11.5. The monoisotopic (exact) mass is 531 g/mol. The van der Waals surface area contributed by atoms with Crippen LogP contribution in [0.4, 0.5) is 10.5 Å². The fourth-order valence-corrected chi connectivity index (χ4v) is 6.38. The van der Waals surface area contributed by atoms with E-state index in [1.165, 1.54) is 10.4 Å². The van der Waals surface area contributed by atoms with Gasteiger partial charge in [-0.3, -0.25) is 4.79 Å². The van der Waals surface area contributed by atoms with E-state index in [9.17, 15) is 9.59 Å².